The SMILES string of the molecule is C=Cc1ccc(CN2C(=O)c3ccc(N)cc3C2=O)cc1. The molecule has 0 saturated heterocycles. The van der Waals surface area contributed by atoms with Crippen molar-refractivity contribution in [2.24, 2.45) is 0 Å². The van der Waals surface area contributed by atoms with Gasteiger partial charge in [0.1, 0.15) is 0 Å². The molecule has 1 aliphatic heterocycles. The van der Waals surface area contributed by atoms with E-state index in [-0.39, 0.29) is 18.4 Å². The van der Waals surface area contributed by atoms with E-state index in [1.165, 1.54) is 4.90 Å². The van der Waals surface area contributed by atoms with Crippen molar-refractivity contribution in [2.75, 3.05) is 5.73 Å². The molecule has 0 saturated carbocycles. The zero-order valence-electron chi connectivity index (χ0n) is 11.4. The molecule has 0 unspecified atom stereocenters. The summed E-state index contributed by atoms with van der Waals surface area (Å²) in [6, 6.07) is 12.4. The van der Waals surface area contributed by atoms with Gasteiger partial charge in [0.2, 0.25) is 0 Å². The molecule has 2 aromatic carbocycles. The van der Waals surface area contributed by atoms with Crippen LogP contribution >= 0.6 is 0 Å². The first kappa shape index (κ1) is 13.1. The summed E-state index contributed by atoms with van der Waals surface area (Å²) in [5.74, 6) is -0.571. The average Bonchev–Trinajstić information content (AvgIpc) is 2.73. The number of anilines is 1. The van der Waals surface area contributed by atoms with E-state index in [1.807, 2.05) is 24.3 Å². The third-order valence-electron chi connectivity index (χ3n) is 3.55. The van der Waals surface area contributed by atoms with Crippen molar-refractivity contribution in [3.8, 4) is 0 Å². The molecule has 0 atom stereocenters. The van der Waals surface area contributed by atoms with E-state index in [9.17, 15) is 9.59 Å². The van der Waals surface area contributed by atoms with E-state index in [0.717, 1.165) is 11.1 Å². The summed E-state index contributed by atoms with van der Waals surface area (Å²) in [7, 11) is 0. The fourth-order valence-corrected chi connectivity index (χ4v) is 2.39. The maximum Gasteiger partial charge on any atom is 0.261 e. The second kappa shape index (κ2) is 4.90. The smallest absolute Gasteiger partial charge is 0.261 e. The van der Waals surface area contributed by atoms with Crippen LogP contribution in [0.1, 0.15) is 31.8 Å². The van der Waals surface area contributed by atoms with Crippen molar-refractivity contribution in [3.63, 3.8) is 0 Å². The van der Waals surface area contributed by atoms with Crippen LogP contribution in [0.4, 0.5) is 5.69 Å². The molecule has 0 radical (unpaired) electrons. The van der Waals surface area contributed by atoms with E-state index in [2.05, 4.69) is 6.58 Å². The Balaban J connectivity index is 1.89. The topological polar surface area (TPSA) is 63.4 Å². The lowest BCUT2D eigenvalue weighted by Gasteiger charge is -2.13. The van der Waals surface area contributed by atoms with Crippen LogP contribution in [-0.2, 0) is 6.54 Å². The van der Waals surface area contributed by atoms with Crippen molar-refractivity contribution in [3.05, 3.63) is 71.3 Å². The monoisotopic (exact) mass is 278 g/mol. The molecule has 2 aromatic rings. The van der Waals surface area contributed by atoms with Gasteiger partial charge in [-0.25, -0.2) is 0 Å². The molecule has 4 heteroatoms. The predicted octanol–water partition coefficient (Wildman–Crippen LogP) is 2.71. The minimum atomic E-state index is -0.296. The van der Waals surface area contributed by atoms with Gasteiger partial charge in [-0.15, -0.1) is 0 Å². The average molecular weight is 278 g/mol. The number of carbonyl (C=O) groups is 2. The van der Waals surface area contributed by atoms with Crippen LogP contribution in [-0.4, -0.2) is 16.7 Å². The molecule has 0 fully saturated rings. The summed E-state index contributed by atoms with van der Waals surface area (Å²) in [4.78, 5) is 25.9. The van der Waals surface area contributed by atoms with Gasteiger partial charge in [-0.2, -0.15) is 0 Å². The Labute approximate surface area is 122 Å². The van der Waals surface area contributed by atoms with Crippen molar-refractivity contribution < 1.29 is 9.59 Å². The first-order valence-corrected chi connectivity index (χ1v) is 6.57. The van der Waals surface area contributed by atoms with Crippen LogP contribution in [0.3, 0.4) is 0 Å². The number of nitrogens with zero attached hydrogens (tertiary/aromatic N) is 1. The molecule has 21 heavy (non-hydrogen) atoms. The summed E-state index contributed by atoms with van der Waals surface area (Å²) in [5, 5.41) is 0. The fraction of sp³-hybridized carbons (Fsp3) is 0.0588. The van der Waals surface area contributed by atoms with Gasteiger partial charge in [-0.1, -0.05) is 36.9 Å². The number of carbonyl (C=O) groups excluding carboxylic acids is 2. The van der Waals surface area contributed by atoms with Gasteiger partial charge in [0.25, 0.3) is 11.8 Å². The molecule has 4 nitrogen and oxygen atoms in total. The van der Waals surface area contributed by atoms with E-state index in [1.54, 1.807) is 24.3 Å². The zero-order valence-corrected chi connectivity index (χ0v) is 11.4. The molecule has 0 aromatic heterocycles. The lowest BCUT2D eigenvalue weighted by atomic mass is 10.1. The highest BCUT2D eigenvalue weighted by molar-refractivity contribution is 6.21. The second-order valence-electron chi connectivity index (χ2n) is 4.95. The number of hydrogen-bond donors (Lipinski definition) is 1. The Bertz CT molecular complexity index is 748. The molecule has 1 aliphatic rings. The molecule has 104 valence electrons. The Morgan fingerprint density at radius 3 is 2.33 bits per heavy atom. The van der Waals surface area contributed by atoms with Crippen molar-refractivity contribution in [1.29, 1.82) is 0 Å². The van der Waals surface area contributed by atoms with E-state index in [4.69, 9.17) is 5.73 Å². The van der Waals surface area contributed by atoms with E-state index >= 15 is 0 Å². The van der Waals surface area contributed by atoms with E-state index in [0.29, 0.717) is 16.8 Å². The number of fused-ring (bicyclic) bond motifs is 1. The lowest BCUT2D eigenvalue weighted by molar-refractivity contribution is 0.0642. The van der Waals surface area contributed by atoms with Crippen LogP contribution in [0.5, 0.6) is 0 Å². The third kappa shape index (κ3) is 2.21. The molecule has 2 amide bonds. The Hall–Kier alpha value is -2.88. The first-order valence-electron chi connectivity index (χ1n) is 6.57. The molecule has 2 N–H and O–H groups in total. The van der Waals surface area contributed by atoms with Crippen molar-refractivity contribution in [2.45, 2.75) is 6.54 Å². The van der Waals surface area contributed by atoms with E-state index < -0.39 is 0 Å². The highest BCUT2D eigenvalue weighted by atomic mass is 16.2. The van der Waals surface area contributed by atoms with Gasteiger partial charge in [-0.05, 0) is 29.3 Å². The Kier molecular flexibility index (Phi) is 3.06. The van der Waals surface area contributed by atoms with Crippen LogP contribution in [0, 0.1) is 0 Å². The van der Waals surface area contributed by atoms with Gasteiger partial charge >= 0.3 is 0 Å². The highest BCUT2D eigenvalue weighted by Gasteiger charge is 2.35. The van der Waals surface area contributed by atoms with Gasteiger partial charge < -0.3 is 5.73 Å². The van der Waals surface area contributed by atoms with Gasteiger partial charge in [0, 0.05) is 5.69 Å². The number of hydrogen-bond acceptors (Lipinski definition) is 3. The second-order valence-corrected chi connectivity index (χ2v) is 4.95. The Morgan fingerprint density at radius 1 is 1.00 bits per heavy atom. The van der Waals surface area contributed by atoms with Gasteiger partial charge in [0.15, 0.2) is 0 Å². The molecule has 3 rings (SSSR count). The predicted molar refractivity (Wildman–Crippen MR) is 81.6 cm³/mol. The van der Waals surface area contributed by atoms with Crippen LogP contribution < -0.4 is 5.73 Å². The van der Waals surface area contributed by atoms with Crippen molar-refractivity contribution >= 4 is 23.6 Å². The number of amides is 2. The molecular weight excluding hydrogens is 264 g/mol. The minimum Gasteiger partial charge on any atom is -0.399 e. The zero-order chi connectivity index (χ0) is 15.0. The molecular formula is C17H14N2O2. The number of imide groups is 1. The van der Waals surface area contributed by atoms with Gasteiger partial charge in [-0.3, -0.25) is 14.5 Å². The van der Waals surface area contributed by atoms with Crippen LogP contribution in [0.15, 0.2) is 49.0 Å². The van der Waals surface area contributed by atoms with Crippen LogP contribution in [0.2, 0.25) is 0 Å². The van der Waals surface area contributed by atoms with Gasteiger partial charge in [0.05, 0.1) is 17.7 Å². The maximum atomic E-state index is 12.3. The number of nitrogens with two attached hydrogens (primary N) is 1. The Morgan fingerprint density at radius 2 is 1.67 bits per heavy atom. The van der Waals surface area contributed by atoms with Crippen molar-refractivity contribution in [1.82, 2.24) is 4.90 Å². The first-order chi connectivity index (χ1) is 10.1. The standard InChI is InChI=1S/C17H14N2O2/c1-2-11-3-5-12(6-4-11)10-19-16(20)14-8-7-13(18)9-15(14)17(19)21/h2-9H,1,10,18H2. The normalized spacial score (nSPS) is 13.4. The number of rotatable bonds is 3. The maximum absolute atomic E-state index is 12.3. The summed E-state index contributed by atoms with van der Waals surface area (Å²) >= 11 is 0. The minimum absolute atomic E-state index is 0.254. The summed E-state index contributed by atoms with van der Waals surface area (Å²) in [6.45, 7) is 3.95. The largest absolute Gasteiger partial charge is 0.399 e. The number of benzene rings is 2. The lowest BCUT2D eigenvalue weighted by Crippen LogP contribution is -2.29. The molecule has 1 heterocycles. The van der Waals surface area contributed by atoms with Crippen LogP contribution in [0.25, 0.3) is 6.08 Å². The third-order valence-corrected chi connectivity index (χ3v) is 3.55. The summed E-state index contributed by atoms with van der Waals surface area (Å²) in [5.41, 5.74) is 8.83. The molecule has 0 bridgehead atoms. The molecule has 0 aliphatic carbocycles. The number of nitrogen functional groups attached to an aromatic ring is 1. The summed E-state index contributed by atoms with van der Waals surface area (Å²) in [6.07, 6.45) is 1.74. The fourth-order valence-electron chi connectivity index (χ4n) is 2.39. The molecule has 0 spiro atoms. The highest BCUT2D eigenvalue weighted by Crippen LogP contribution is 2.26. The quantitative estimate of drug-likeness (QED) is 0.693. The summed E-state index contributed by atoms with van der Waals surface area (Å²) < 4.78 is 0.